The summed E-state index contributed by atoms with van der Waals surface area (Å²) in [6, 6.07) is 1.51. The minimum atomic E-state index is -0.661. The van der Waals surface area contributed by atoms with Gasteiger partial charge in [-0.1, -0.05) is 35.5 Å². The van der Waals surface area contributed by atoms with E-state index in [1.165, 1.54) is 30.9 Å². The Labute approximate surface area is 103 Å². The number of hydrogen-bond donors (Lipinski definition) is 0. The van der Waals surface area contributed by atoms with Crippen molar-refractivity contribution in [3.63, 3.8) is 0 Å². The molecule has 16 heavy (non-hydrogen) atoms. The monoisotopic (exact) mass is 259 g/mol. The van der Waals surface area contributed by atoms with Gasteiger partial charge in [0, 0.05) is 18.9 Å². The first-order valence-corrected chi connectivity index (χ1v) is 6.07. The molecule has 0 aromatic carbocycles. The van der Waals surface area contributed by atoms with Crippen LogP contribution in [0.5, 0.6) is 0 Å². The summed E-state index contributed by atoms with van der Waals surface area (Å²) < 4.78 is 12.7. The SMILES string of the molecule is CC(=O)SCCC=Cc1cnc(F)c(Cl)c1. The average molecular weight is 260 g/mol. The van der Waals surface area contributed by atoms with Gasteiger partial charge >= 0.3 is 0 Å². The largest absolute Gasteiger partial charge is 0.288 e. The Hall–Kier alpha value is -0.870. The molecule has 0 unspecified atom stereocenters. The van der Waals surface area contributed by atoms with Crippen molar-refractivity contribution >= 4 is 34.6 Å². The van der Waals surface area contributed by atoms with Gasteiger partial charge in [0.05, 0.1) is 5.02 Å². The topological polar surface area (TPSA) is 30.0 Å². The van der Waals surface area contributed by atoms with Crippen LogP contribution in [0.25, 0.3) is 6.08 Å². The average Bonchev–Trinajstić information content (AvgIpc) is 2.22. The van der Waals surface area contributed by atoms with Gasteiger partial charge in [-0.25, -0.2) is 4.98 Å². The molecule has 0 fully saturated rings. The summed E-state index contributed by atoms with van der Waals surface area (Å²) in [5, 5.41) is 0.125. The van der Waals surface area contributed by atoms with Gasteiger partial charge in [0.25, 0.3) is 0 Å². The van der Waals surface area contributed by atoms with Crippen molar-refractivity contribution in [3.8, 4) is 0 Å². The summed E-state index contributed by atoms with van der Waals surface area (Å²) >= 11 is 6.86. The van der Waals surface area contributed by atoms with E-state index in [0.29, 0.717) is 0 Å². The van der Waals surface area contributed by atoms with Gasteiger partial charge in [0.2, 0.25) is 5.95 Å². The Kier molecular flexibility index (Phi) is 5.49. The lowest BCUT2D eigenvalue weighted by Gasteiger charge is -1.95. The molecule has 5 heteroatoms. The van der Waals surface area contributed by atoms with Crippen LogP contribution in [0.15, 0.2) is 18.3 Å². The fraction of sp³-hybridized carbons (Fsp3) is 0.273. The zero-order valence-electron chi connectivity index (χ0n) is 8.74. The Morgan fingerprint density at radius 1 is 1.69 bits per heavy atom. The number of carbonyl (C=O) groups excluding carboxylic acids is 1. The highest BCUT2D eigenvalue weighted by atomic mass is 35.5. The van der Waals surface area contributed by atoms with Crippen LogP contribution < -0.4 is 0 Å². The molecular formula is C11H11ClFNOS. The van der Waals surface area contributed by atoms with Gasteiger partial charge < -0.3 is 0 Å². The van der Waals surface area contributed by atoms with E-state index in [4.69, 9.17) is 11.6 Å². The number of pyridine rings is 1. The molecule has 0 bridgehead atoms. The third-order valence-corrected chi connectivity index (χ3v) is 2.83. The van der Waals surface area contributed by atoms with Gasteiger partial charge in [-0.2, -0.15) is 4.39 Å². The molecule has 0 spiro atoms. The summed E-state index contributed by atoms with van der Waals surface area (Å²) in [6.45, 7) is 1.54. The van der Waals surface area contributed by atoms with Crippen LogP contribution in [0.1, 0.15) is 18.9 Å². The molecule has 1 rings (SSSR count). The lowest BCUT2D eigenvalue weighted by atomic mass is 10.2. The highest BCUT2D eigenvalue weighted by molar-refractivity contribution is 8.13. The lowest BCUT2D eigenvalue weighted by molar-refractivity contribution is -0.109. The predicted octanol–water partition coefficient (Wildman–Crippen LogP) is 3.56. The fourth-order valence-corrected chi connectivity index (χ4v) is 1.73. The van der Waals surface area contributed by atoms with E-state index < -0.39 is 5.95 Å². The van der Waals surface area contributed by atoms with Gasteiger partial charge in [0.15, 0.2) is 5.12 Å². The zero-order valence-corrected chi connectivity index (χ0v) is 10.3. The Morgan fingerprint density at radius 3 is 3.06 bits per heavy atom. The second kappa shape index (κ2) is 6.66. The van der Waals surface area contributed by atoms with Crippen molar-refractivity contribution in [2.24, 2.45) is 0 Å². The van der Waals surface area contributed by atoms with E-state index in [-0.39, 0.29) is 10.1 Å². The molecule has 1 aromatic rings. The maximum Gasteiger partial charge on any atom is 0.231 e. The molecule has 0 saturated carbocycles. The van der Waals surface area contributed by atoms with E-state index in [9.17, 15) is 9.18 Å². The lowest BCUT2D eigenvalue weighted by Crippen LogP contribution is -1.85. The maximum absolute atomic E-state index is 12.7. The molecule has 0 aliphatic heterocycles. The molecule has 0 radical (unpaired) electrons. The quantitative estimate of drug-likeness (QED) is 0.612. The smallest absolute Gasteiger partial charge is 0.231 e. The van der Waals surface area contributed by atoms with E-state index in [2.05, 4.69) is 4.98 Å². The number of allylic oxidation sites excluding steroid dienone is 1. The van der Waals surface area contributed by atoms with E-state index in [0.717, 1.165) is 17.7 Å². The highest BCUT2D eigenvalue weighted by Gasteiger charge is 1.99. The van der Waals surface area contributed by atoms with Crippen molar-refractivity contribution in [2.75, 3.05) is 5.75 Å². The van der Waals surface area contributed by atoms with Crippen LogP contribution in [0.2, 0.25) is 5.02 Å². The number of rotatable bonds is 4. The molecule has 0 N–H and O–H groups in total. The number of hydrogen-bond acceptors (Lipinski definition) is 3. The van der Waals surface area contributed by atoms with Crippen LogP contribution in [0.3, 0.4) is 0 Å². The first-order chi connectivity index (χ1) is 7.59. The number of nitrogens with zero attached hydrogens (tertiary/aromatic N) is 1. The highest BCUT2D eigenvalue weighted by Crippen LogP contribution is 2.14. The van der Waals surface area contributed by atoms with Gasteiger partial charge in [-0.05, 0) is 18.1 Å². The molecular weight excluding hydrogens is 249 g/mol. The third-order valence-electron chi connectivity index (χ3n) is 1.72. The van der Waals surface area contributed by atoms with E-state index in [1.807, 2.05) is 6.08 Å². The van der Waals surface area contributed by atoms with Crippen LogP contribution >= 0.6 is 23.4 Å². The molecule has 86 valence electrons. The Morgan fingerprint density at radius 2 is 2.44 bits per heavy atom. The maximum atomic E-state index is 12.7. The van der Waals surface area contributed by atoms with Crippen LogP contribution in [0, 0.1) is 5.95 Å². The van der Waals surface area contributed by atoms with E-state index >= 15 is 0 Å². The van der Waals surface area contributed by atoms with Crippen LogP contribution in [-0.4, -0.2) is 15.9 Å². The minimum absolute atomic E-state index is 0.0141. The van der Waals surface area contributed by atoms with Gasteiger partial charge in [0.1, 0.15) is 0 Å². The molecule has 2 nitrogen and oxygen atoms in total. The summed E-state index contributed by atoms with van der Waals surface area (Å²) in [7, 11) is 0. The van der Waals surface area contributed by atoms with Crippen molar-refractivity contribution in [2.45, 2.75) is 13.3 Å². The summed E-state index contributed by atoms with van der Waals surface area (Å²) in [4.78, 5) is 14.1. The number of aromatic nitrogens is 1. The minimum Gasteiger partial charge on any atom is -0.288 e. The molecule has 0 amide bonds. The molecule has 0 aliphatic carbocycles. The normalized spacial score (nSPS) is 10.9. The number of carbonyl (C=O) groups is 1. The van der Waals surface area contributed by atoms with Crippen molar-refractivity contribution in [1.82, 2.24) is 4.98 Å². The van der Waals surface area contributed by atoms with Crippen LogP contribution in [-0.2, 0) is 4.79 Å². The van der Waals surface area contributed by atoms with Crippen LogP contribution in [0.4, 0.5) is 4.39 Å². The van der Waals surface area contributed by atoms with Crippen molar-refractivity contribution in [1.29, 1.82) is 0 Å². The Balaban J connectivity index is 2.44. The number of halogens is 2. The van der Waals surface area contributed by atoms with Gasteiger partial charge in [-0.3, -0.25) is 4.79 Å². The van der Waals surface area contributed by atoms with Crippen molar-refractivity contribution in [3.05, 3.63) is 34.9 Å². The molecule has 0 atom stereocenters. The van der Waals surface area contributed by atoms with E-state index in [1.54, 1.807) is 6.08 Å². The molecule has 1 heterocycles. The zero-order chi connectivity index (χ0) is 12.0. The fourth-order valence-electron chi connectivity index (χ4n) is 1.02. The Bertz CT molecular complexity index is 409. The molecule has 0 saturated heterocycles. The first-order valence-electron chi connectivity index (χ1n) is 4.70. The summed E-state index contributed by atoms with van der Waals surface area (Å²) in [5.41, 5.74) is 0.749. The first kappa shape index (κ1) is 13.2. The third kappa shape index (κ3) is 4.77. The summed E-state index contributed by atoms with van der Waals surface area (Å²) in [6.07, 6.45) is 5.90. The predicted molar refractivity (Wildman–Crippen MR) is 66.0 cm³/mol. The van der Waals surface area contributed by atoms with Crippen molar-refractivity contribution < 1.29 is 9.18 Å². The van der Waals surface area contributed by atoms with Gasteiger partial charge in [-0.15, -0.1) is 0 Å². The molecule has 1 aromatic heterocycles. The summed E-state index contributed by atoms with van der Waals surface area (Å²) in [5.74, 6) is 0.0831. The standard InChI is InChI=1S/C11H11ClFNOS/c1-8(15)16-5-3-2-4-9-6-10(12)11(13)14-7-9/h2,4,6-7H,3,5H2,1H3. The molecule has 0 aliphatic rings. The number of thioether (sulfide) groups is 1. The second-order valence-corrected chi connectivity index (χ2v) is 4.75. The second-order valence-electron chi connectivity index (χ2n) is 3.07.